The van der Waals surface area contributed by atoms with Crippen molar-refractivity contribution >= 4 is 16.8 Å². The van der Waals surface area contributed by atoms with Gasteiger partial charge >= 0.3 is 0 Å². The van der Waals surface area contributed by atoms with E-state index in [-0.39, 0.29) is 5.91 Å². The molecule has 1 aromatic heterocycles. The van der Waals surface area contributed by atoms with Crippen LogP contribution in [0.4, 0.5) is 0 Å². The van der Waals surface area contributed by atoms with E-state index in [4.69, 9.17) is 4.74 Å². The van der Waals surface area contributed by atoms with Gasteiger partial charge in [-0.1, -0.05) is 44.9 Å². The number of benzene rings is 1. The highest BCUT2D eigenvalue weighted by atomic mass is 16.5. The van der Waals surface area contributed by atoms with E-state index in [1.54, 1.807) is 0 Å². The van der Waals surface area contributed by atoms with Crippen molar-refractivity contribution in [3.05, 3.63) is 30.0 Å². The Balaban J connectivity index is 1.70. The maximum Gasteiger partial charge on any atom is 0.272 e. The topological polar surface area (TPSA) is 70.2 Å². The highest BCUT2D eigenvalue weighted by molar-refractivity contribution is 6.04. The third-order valence-corrected chi connectivity index (χ3v) is 5.26. The van der Waals surface area contributed by atoms with Gasteiger partial charge in [0.2, 0.25) is 0 Å². The molecule has 1 atom stereocenters. The molecular formula is C19H28N4O2. The van der Waals surface area contributed by atoms with Gasteiger partial charge in [0.25, 0.3) is 5.91 Å². The third-order valence-electron chi connectivity index (χ3n) is 5.26. The number of H-pyrrole nitrogens is 1. The average Bonchev–Trinajstić information content (AvgIpc) is 3.10. The van der Waals surface area contributed by atoms with Crippen molar-refractivity contribution in [3.8, 4) is 0 Å². The summed E-state index contributed by atoms with van der Waals surface area (Å²) in [5, 5.41) is 11.1. The molecule has 1 saturated heterocycles. The predicted octanol–water partition coefficient (Wildman–Crippen LogP) is 2.43. The Morgan fingerprint density at radius 1 is 1.28 bits per heavy atom. The smallest absolute Gasteiger partial charge is 0.272 e. The second-order valence-electron chi connectivity index (χ2n) is 6.62. The van der Waals surface area contributed by atoms with Crippen LogP contribution >= 0.6 is 0 Å². The Morgan fingerprint density at radius 2 is 2.00 bits per heavy atom. The minimum Gasteiger partial charge on any atom is -0.379 e. The lowest BCUT2D eigenvalue weighted by Gasteiger charge is -2.38. The fourth-order valence-corrected chi connectivity index (χ4v) is 3.75. The second kappa shape index (κ2) is 8.45. The maximum absolute atomic E-state index is 12.7. The van der Waals surface area contributed by atoms with Crippen molar-refractivity contribution in [2.75, 3.05) is 32.8 Å². The van der Waals surface area contributed by atoms with E-state index >= 15 is 0 Å². The number of para-hydroxylation sites is 1. The highest BCUT2D eigenvalue weighted by Gasteiger charge is 2.27. The minimum absolute atomic E-state index is 0.110. The van der Waals surface area contributed by atoms with Crippen molar-refractivity contribution in [1.82, 2.24) is 20.4 Å². The summed E-state index contributed by atoms with van der Waals surface area (Å²) in [6.07, 6.45) is 2.22. The molecule has 1 amide bonds. The van der Waals surface area contributed by atoms with Gasteiger partial charge in [-0.2, -0.15) is 5.10 Å². The summed E-state index contributed by atoms with van der Waals surface area (Å²) < 4.78 is 5.49. The molecule has 0 bridgehead atoms. The van der Waals surface area contributed by atoms with Gasteiger partial charge in [-0.25, -0.2) is 0 Å². The molecule has 136 valence electrons. The zero-order chi connectivity index (χ0) is 17.6. The number of nitrogens with zero attached hydrogens (tertiary/aromatic N) is 2. The van der Waals surface area contributed by atoms with Gasteiger partial charge in [-0.3, -0.25) is 14.8 Å². The van der Waals surface area contributed by atoms with Crippen LogP contribution in [0.25, 0.3) is 10.9 Å². The number of nitrogens with one attached hydrogen (secondary N) is 2. The van der Waals surface area contributed by atoms with Crippen LogP contribution in [0.15, 0.2) is 24.3 Å². The molecule has 1 aromatic carbocycles. The van der Waals surface area contributed by atoms with Gasteiger partial charge in [0.15, 0.2) is 5.69 Å². The Bertz CT molecular complexity index is 690. The van der Waals surface area contributed by atoms with Gasteiger partial charge < -0.3 is 10.1 Å². The van der Waals surface area contributed by atoms with Crippen molar-refractivity contribution in [3.63, 3.8) is 0 Å². The largest absolute Gasteiger partial charge is 0.379 e. The van der Waals surface area contributed by atoms with Gasteiger partial charge in [-0.15, -0.1) is 0 Å². The van der Waals surface area contributed by atoms with E-state index in [0.29, 0.717) is 24.2 Å². The van der Waals surface area contributed by atoms with Crippen LogP contribution in [0.3, 0.4) is 0 Å². The van der Waals surface area contributed by atoms with Crippen LogP contribution in [0.1, 0.15) is 37.2 Å². The number of aromatic nitrogens is 2. The van der Waals surface area contributed by atoms with Gasteiger partial charge in [0.05, 0.1) is 18.7 Å². The molecule has 6 heteroatoms. The zero-order valence-electron chi connectivity index (χ0n) is 15.1. The van der Waals surface area contributed by atoms with E-state index in [9.17, 15) is 4.79 Å². The van der Waals surface area contributed by atoms with E-state index < -0.39 is 0 Å². The molecule has 2 heterocycles. The molecular weight excluding hydrogens is 316 g/mol. The van der Waals surface area contributed by atoms with E-state index in [1.165, 1.54) is 0 Å². The molecule has 1 aliphatic heterocycles. The number of rotatable bonds is 7. The molecule has 2 aromatic rings. The number of hydrogen-bond acceptors (Lipinski definition) is 4. The fraction of sp³-hybridized carbons (Fsp3) is 0.579. The lowest BCUT2D eigenvalue weighted by molar-refractivity contribution is 0.00190. The molecule has 2 N–H and O–H groups in total. The maximum atomic E-state index is 12.7. The van der Waals surface area contributed by atoms with Crippen molar-refractivity contribution in [2.45, 2.75) is 32.7 Å². The Kier molecular flexibility index (Phi) is 6.04. The standard InChI is InChI=1S/C19H28N4O2/c1-3-14(4-2)17(23-9-11-25-12-10-23)13-20-19(24)18-15-7-5-6-8-16(15)21-22-18/h5-8,14,17H,3-4,9-13H2,1-2H3,(H,20,24)(H,21,22)/t17-/m1/s1. The Hall–Kier alpha value is -1.92. The lowest BCUT2D eigenvalue weighted by Crippen LogP contribution is -2.52. The monoisotopic (exact) mass is 344 g/mol. The molecule has 6 nitrogen and oxygen atoms in total. The zero-order valence-corrected chi connectivity index (χ0v) is 15.1. The molecule has 0 aliphatic carbocycles. The van der Waals surface area contributed by atoms with Crippen LogP contribution in [0.2, 0.25) is 0 Å². The quantitative estimate of drug-likeness (QED) is 0.809. The minimum atomic E-state index is -0.110. The van der Waals surface area contributed by atoms with Crippen molar-refractivity contribution < 1.29 is 9.53 Å². The van der Waals surface area contributed by atoms with Gasteiger partial charge in [0, 0.05) is 31.1 Å². The summed E-state index contributed by atoms with van der Waals surface area (Å²) in [6, 6.07) is 8.06. The number of fused-ring (bicyclic) bond motifs is 1. The summed E-state index contributed by atoms with van der Waals surface area (Å²) in [5.74, 6) is 0.455. The number of aromatic amines is 1. The van der Waals surface area contributed by atoms with Crippen LogP contribution < -0.4 is 5.32 Å². The first kappa shape index (κ1) is 17.9. The van der Waals surface area contributed by atoms with Crippen molar-refractivity contribution in [1.29, 1.82) is 0 Å². The number of hydrogen-bond donors (Lipinski definition) is 2. The molecule has 0 saturated carbocycles. The van der Waals surface area contributed by atoms with Gasteiger partial charge in [-0.05, 0) is 12.0 Å². The molecule has 1 fully saturated rings. The number of carbonyl (C=O) groups excluding carboxylic acids is 1. The van der Waals surface area contributed by atoms with Crippen LogP contribution in [0.5, 0.6) is 0 Å². The average molecular weight is 344 g/mol. The van der Waals surface area contributed by atoms with E-state index in [2.05, 4.69) is 34.3 Å². The SMILES string of the molecule is CCC(CC)[C@@H](CNC(=O)c1n[nH]c2ccccc12)N1CCOCC1. The number of amides is 1. The van der Waals surface area contributed by atoms with Crippen molar-refractivity contribution in [2.24, 2.45) is 5.92 Å². The second-order valence-corrected chi connectivity index (χ2v) is 6.62. The summed E-state index contributed by atoms with van der Waals surface area (Å²) >= 11 is 0. The summed E-state index contributed by atoms with van der Waals surface area (Å²) in [7, 11) is 0. The van der Waals surface area contributed by atoms with E-state index in [0.717, 1.165) is 50.0 Å². The lowest BCUT2D eigenvalue weighted by atomic mass is 9.92. The Labute approximate surface area is 148 Å². The van der Waals surface area contributed by atoms with Crippen LogP contribution in [-0.2, 0) is 4.74 Å². The number of morpholine rings is 1. The number of ether oxygens (including phenoxy) is 1. The molecule has 0 radical (unpaired) electrons. The fourth-order valence-electron chi connectivity index (χ4n) is 3.75. The summed E-state index contributed by atoms with van der Waals surface area (Å²) in [6.45, 7) is 8.51. The predicted molar refractivity (Wildman–Crippen MR) is 98.7 cm³/mol. The first-order valence-electron chi connectivity index (χ1n) is 9.27. The first-order valence-corrected chi connectivity index (χ1v) is 9.27. The molecule has 25 heavy (non-hydrogen) atoms. The highest BCUT2D eigenvalue weighted by Crippen LogP contribution is 2.20. The normalized spacial score (nSPS) is 17.1. The number of carbonyl (C=O) groups is 1. The molecule has 0 spiro atoms. The van der Waals surface area contributed by atoms with Crippen LogP contribution in [-0.4, -0.2) is 59.9 Å². The molecule has 3 rings (SSSR count). The Morgan fingerprint density at radius 3 is 2.72 bits per heavy atom. The third kappa shape index (κ3) is 4.02. The first-order chi connectivity index (χ1) is 12.2. The van der Waals surface area contributed by atoms with Gasteiger partial charge in [0.1, 0.15) is 0 Å². The molecule has 1 aliphatic rings. The van der Waals surface area contributed by atoms with E-state index in [1.807, 2.05) is 24.3 Å². The summed E-state index contributed by atoms with van der Waals surface area (Å²) in [4.78, 5) is 15.1. The van der Waals surface area contributed by atoms with Crippen LogP contribution in [0, 0.1) is 5.92 Å². The molecule has 0 unspecified atom stereocenters. The summed E-state index contributed by atoms with van der Waals surface area (Å²) in [5.41, 5.74) is 1.36.